The molecule has 11 heteroatoms. The number of carbonyl (C=O) groups is 1. The number of hydrogen-bond donors (Lipinski definition) is 1. The highest BCUT2D eigenvalue weighted by atomic mass is 19.4. The van der Waals surface area contributed by atoms with Crippen LogP contribution in [0.5, 0.6) is 0 Å². The van der Waals surface area contributed by atoms with Gasteiger partial charge in [0, 0.05) is 44.0 Å². The minimum Gasteiger partial charge on any atom is -0.379 e. The van der Waals surface area contributed by atoms with E-state index < -0.39 is 12.0 Å². The van der Waals surface area contributed by atoms with E-state index in [0.29, 0.717) is 29.9 Å². The van der Waals surface area contributed by atoms with Gasteiger partial charge in [-0.2, -0.15) is 18.2 Å². The molecule has 2 aromatic heterocycles. The van der Waals surface area contributed by atoms with Gasteiger partial charge in [0.2, 0.25) is 5.91 Å². The lowest BCUT2D eigenvalue weighted by atomic mass is 10.1. The van der Waals surface area contributed by atoms with Crippen molar-refractivity contribution in [3.63, 3.8) is 0 Å². The number of nitrogens with zero attached hydrogens (tertiary/aromatic N) is 5. The molecular formula is C23H27F3N6O2. The van der Waals surface area contributed by atoms with Gasteiger partial charge in [0.25, 0.3) is 11.6 Å². The van der Waals surface area contributed by atoms with Crippen LogP contribution in [0.2, 0.25) is 0 Å². The topological polar surface area (TPSA) is 84.6 Å². The second-order valence-electron chi connectivity index (χ2n) is 8.39. The largest absolute Gasteiger partial charge is 0.453 e. The number of amides is 1. The van der Waals surface area contributed by atoms with Gasteiger partial charge >= 0.3 is 6.18 Å². The Morgan fingerprint density at radius 1 is 1.09 bits per heavy atom. The van der Waals surface area contributed by atoms with Gasteiger partial charge in [-0.05, 0) is 37.0 Å². The van der Waals surface area contributed by atoms with E-state index in [4.69, 9.17) is 4.74 Å². The van der Waals surface area contributed by atoms with Crippen molar-refractivity contribution in [3.8, 4) is 0 Å². The first-order valence-electron chi connectivity index (χ1n) is 11.2. The third kappa shape index (κ3) is 5.71. The van der Waals surface area contributed by atoms with Crippen molar-refractivity contribution in [3.05, 3.63) is 58.2 Å². The Kier molecular flexibility index (Phi) is 7.13. The maximum absolute atomic E-state index is 12.9. The van der Waals surface area contributed by atoms with Crippen molar-refractivity contribution in [2.75, 3.05) is 26.3 Å². The summed E-state index contributed by atoms with van der Waals surface area (Å²) in [5, 5.41) is 6.44. The first-order chi connectivity index (χ1) is 16.2. The molecule has 182 valence electrons. The van der Waals surface area contributed by atoms with Gasteiger partial charge < -0.3 is 10.1 Å². The number of benzene rings is 1. The van der Waals surface area contributed by atoms with Gasteiger partial charge in [0.1, 0.15) is 0 Å². The van der Waals surface area contributed by atoms with Crippen LogP contribution < -0.4 is 5.32 Å². The third-order valence-electron chi connectivity index (χ3n) is 5.93. The molecule has 1 aliphatic rings. The summed E-state index contributed by atoms with van der Waals surface area (Å²) in [5.41, 5.74) is 3.93. The van der Waals surface area contributed by atoms with Crippen LogP contribution in [0.1, 0.15) is 40.3 Å². The second-order valence-corrected chi connectivity index (χ2v) is 8.39. The van der Waals surface area contributed by atoms with Gasteiger partial charge in [-0.3, -0.25) is 9.69 Å². The molecule has 4 rings (SSSR count). The second kappa shape index (κ2) is 10.1. The SMILES string of the molecule is Cc1nc2nc(C(F)(F)F)nn2c(C)c1CCC(=O)NCc1ccc(CN2CCOCC2)cc1. The van der Waals surface area contributed by atoms with E-state index in [1.165, 1.54) is 5.56 Å². The Morgan fingerprint density at radius 3 is 2.44 bits per heavy atom. The molecule has 0 saturated carbocycles. The van der Waals surface area contributed by atoms with Crippen LogP contribution in [-0.2, 0) is 35.2 Å². The first kappa shape index (κ1) is 24.1. The van der Waals surface area contributed by atoms with E-state index >= 15 is 0 Å². The van der Waals surface area contributed by atoms with Crippen LogP contribution in [0.4, 0.5) is 13.2 Å². The van der Waals surface area contributed by atoms with Crippen LogP contribution in [0.25, 0.3) is 5.78 Å². The molecule has 1 saturated heterocycles. The quantitative estimate of drug-likeness (QED) is 0.565. The number of aromatic nitrogens is 4. The number of morpholine rings is 1. The molecule has 8 nitrogen and oxygen atoms in total. The summed E-state index contributed by atoms with van der Waals surface area (Å²) in [6, 6.07) is 8.14. The smallest absolute Gasteiger partial charge is 0.379 e. The van der Waals surface area contributed by atoms with Gasteiger partial charge in [0.15, 0.2) is 0 Å². The van der Waals surface area contributed by atoms with Crippen molar-refractivity contribution in [2.24, 2.45) is 0 Å². The number of ether oxygens (including phenoxy) is 1. The van der Waals surface area contributed by atoms with Crippen LogP contribution in [0, 0.1) is 13.8 Å². The number of rotatable bonds is 7. The lowest BCUT2D eigenvalue weighted by Crippen LogP contribution is -2.35. The Morgan fingerprint density at radius 2 is 1.76 bits per heavy atom. The summed E-state index contributed by atoms with van der Waals surface area (Å²) in [4.78, 5) is 22.4. The molecule has 0 spiro atoms. The molecule has 3 heterocycles. The van der Waals surface area contributed by atoms with E-state index in [0.717, 1.165) is 42.9 Å². The molecule has 0 aliphatic carbocycles. The fourth-order valence-corrected chi connectivity index (χ4v) is 4.00. The Balaban J connectivity index is 1.31. The molecule has 1 amide bonds. The third-order valence-corrected chi connectivity index (χ3v) is 5.93. The van der Waals surface area contributed by atoms with Crippen LogP contribution >= 0.6 is 0 Å². The normalized spacial score (nSPS) is 15.1. The Labute approximate surface area is 195 Å². The molecule has 3 aromatic rings. The van der Waals surface area contributed by atoms with Gasteiger partial charge in [-0.25, -0.2) is 9.50 Å². The summed E-state index contributed by atoms with van der Waals surface area (Å²) in [5.74, 6) is -1.48. The molecule has 0 radical (unpaired) electrons. The van der Waals surface area contributed by atoms with Gasteiger partial charge in [-0.1, -0.05) is 24.3 Å². The summed E-state index contributed by atoms with van der Waals surface area (Å²) >= 11 is 0. The fraction of sp³-hybridized carbons (Fsp3) is 0.478. The fourth-order valence-electron chi connectivity index (χ4n) is 4.00. The molecule has 0 bridgehead atoms. The van der Waals surface area contributed by atoms with Crippen molar-refractivity contribution in [2.45, 2.75) is 46.0 Å². The number of alkyl halides is 3. The molecule has 1 N–H and O–H groups in total. The first-order valence-corrected chi connectivity index (χ1v) is 11.2. The monoisotopic (exact) mass is 476 g/mol. The average molecular weight is 477 g/mol. The van der Waals surface area contributed by atoms with E-state index in [1.807, 2.05) is 12.1 Å². The van der Waals surface area contributed by atoms with E-state index in [9.17, 15) is 18.0 Å². The molecule has 1 aromatic carbocycles. The highest BCUT2D eigenvalue weighted by Gasteiger charge is 2.37. The minimum atomic E-state index is -4.64. The maximum atomic E-state index is 12.9. The zero-order chi connectivity index (χ0) is 24.3. The predicted molar refractivity (Wildman–Crippen MR) is 118 cm³/mol. The van der Waals surface area contributed by atoms with Gasteiger partial charge in [0.05, 0.1) is 13.2 Å². The van der Waals surface area contributed by atoms with Crippen LogP contribution in [0.15, 0.2) is 24.3 Å². The average Bonchev–Trinajstić information content (AvgIpc) is 3.24. The lowest BCUT2D eigenvalue weighted by molar-refractivity contribution is -0.144. The van der Waals surface area contributed by atoms with E-state index in [-0.39, 0.29) is 18.1 Å². The summed E-state index contributed by atoms with van der Waals surface area (Å²) in [6.07, 6.45) is -4.12. The molecule has 34 heavy (non-hydrogen) atoms. The minimum absolute atomic E-state index is 0.104. The molecule has 1 fully saturated rings. The Hall–Kier alpha value is -3.05. The molecular weight excluding hydrogens is 449 g/mol. The number of halogens is 3. The van der Waals surface area contributed by atoms with Gasteiger partial charge in [-0.15, -0.1) is 5.10 Å². The molecule has 1 aliphatic heterocycles. The summed E-state index contributed by atoms with van der Waals surface area (Å²) in [7, 11) is 0. The van der Waals surface area contributed by atoms with Crippen molar-refractivity contribution in [1.29, 1.82) is 0 Å². The predicted octanol–water partition coefficient (Wildman–Crippen LogP) is 2.84. The Bertz CT molecular complexity index is 1150. The maximum Gasteiger partial charge on any atom is 0.453 e. The number of fused-ring (bicyclic) bond motifs is 1. The summed E-state index contributed by atoms with van der Waals surface area (Å²) in [6.45, 7) is 8.02. The lowest BCUT2D eigenvalue weighted by Gasteiger charge is -2.26. The van der Waals surface area contributed by atoms with Crippen molar-refractivity contribution in [1.82, 2.24) is 29.8 Å². The zero-order valence-electron chi connectivity index (χ0n) is 19.2. The zero-order valence-corrected chi connectivity index (χ0v) is 19.2. The standard InChI is InChI=1S/C23H27F3N6O2/c1-15-19(16(2)32-22(28-15)29-21(30-32)23(24,25)26)7-8-20(33)27-13-17-3-5-18(6-4-17)14-31-9-11-34-12-10-31/h3-6H,7-14H2,1-2H3,(H,27,33). The number of hydrogen-bond acceptors (Lipinski definition) is 6. The van der Waals surface area contributed by atoms with E-state index in [2.05, 4.69) is 37.4 Å². The number of aryl methyl sites for hydroxylation is 2. The summed E-state index contributed by atoms with van der Waals surface area (Å²) < 4.78 is 45.3. The van der Waals surface area contributed by atoms with Crippen molar-refractivity contribution >= 4 is 11.7 Å². The van der Waals surface area contributed by atoms with Crippen molar-refractivity contribution < 1.29 is 22.7 Å². The number of carbonyl (C=O) groups excluding carboxylic acids is 1. The highest BCUT2D eigenvalue weighted by molar-refractivity contribution is 5.76. The molecule has 0 unspecified atom stereocenters. The van der Waals surface area contributed by atoms with Crippen LogP contribution in [0.3, 0.4) is 0 Å². The van der Waals surface area contributed by atoms with Crippen LogP contribution in [-0.4, -0.2) is 56.7 Å². The molecule has 0 atom stereocenters. The van der Waals surface area contributed by atoms with E-state index in [1.54, 1.807) is 13.8 Å². The highest BCUT2D eigenvalue weighted by Crippen LogP contribution is 2.27. The number of nitrogens with one attached hydrogen (secondary N) is 1.